The molecular formula is C30H20Br2N2O4. The van der Waals surface area contributed by atoms with Crippen molar-refractivity contribution in [2.24, 2.45) is 11.8 Å². The first-order valence-electron chi connectivity index (χ1n) is 12.1. The Balaban J connectivity index is 1.43. The Morgan fingerprint density at radius 2 is 1.32 bits per heavy atom. The van der Waals surface area contributed by atoms with Gasteiger partial charge in [-0.05, 0) is 42.5 Å². The van der Waals surface area contributed by atoms with E-state index in [1.54, 1.807) is 96.0 Å². The molecule has 0 saturated carbocycles. The van der Waals surface area contributed by atoms with Crippen LogP contribution in [0, 0.1) is 11.8 Å². The molecule has 4 atom stereocenters. The zero-order chi connectivity index (χ0) is 26.6. The molecule has 6 nitrogen and oxygen atoms in total. The molecule has 2 saturated heterocycles. The molecule has 2 fully saturated rings. The van der Waals surface area contributed by atoms with E-state index < -0.39 is 29.8 Å². The van der Waals surface area contributed by atoms with Crippen LogP contribution in [0.4, 0.5) is 5.69 Å². The first kappa shape index (κ1) is 24.7. The summed E-state index contributed by atoms with van der Waals surface area (Å²) in [4.78, 5) is 57.8. The number of imide groups is 1. The third kappa shape index (κ3) is 3.99. The largest absolute Gasteiger partial charge is 0.359 e. The minimum absolute atomic E-state index is 0.178. The molecule has 6 rings (SSSR count). The van der Waals surface area contributed by atoms with Gasteiger partial charge in [0.2, 0.25) is 11.8 Å². The molecule has 0 radical (unpaired) electrons. The molecule has 3 aliphatic rings. The minimum Gasteiger partial charge on any atom is -0.359 e. The lowest BCUT2D eigenvalue weighted by atomic mass is 9.85. The Morgan fingerprint density at radius 3 is 1.97 bits per heavy atom. The van der Waals surface area contributed by atoms with Crippen LogP contribution in [0.3, 0.4) is 0 Å². The predicted octanol–water partition coefficient (Wildman–Crippen LogP) is 5.59. The summed E-state index contributed by atoms with van der Waals surface area (Å²) in [5.74, 6) is -2.91. The molecular weight excluding hydrogens is 612 g/mol. The van der Waals surface area contributed by atoms with Gasteiger partial charge in [0.05, 0.1) is 23.6 Å². The molecule has 0 bridgehead atoms. The van der Waals surface area contributed by atoms with Crippen LogP contribution in [0.2, 0.25) is 0 Å². The zero-order valence-electron chi connectivity index (χ0n) is 19.8. The number of Topliss-reactive ketones (excluding diaryl/α,β-unsaturated/α-hetero) is 2. The van der Waals surface area contributed by atoms with Gasteiger partial charge in [0.1, 0.15) is 6.04 Å². The number of hydrogen-bond acceptors (Lipinski definition) is 5. The molecule has 38 heavy (non-hydrogen) atoms. The maximum Gasteiger partial charge on any atom is 0.240 e. The van der Waals surface area contributed by atoms with E-state index in [1.165, 1.54) is 4.90 Å². The third-order valence-electron chi connectivity index (χ3n) is 7.33. The van der Waals surface area contributed by atoms with Crippen LogP contribution in [-0.4, -0.2) is 40.4 Å². The predicted molar refractivity (Wildman–Crippen MR) is 149 cm³/mol. The summed E-state index contributed by atoms with van der Waals surface area (Å²) >= 11 is 6.78. The Hall–Kier alpha value is -3.62. The van der Waals surface area contributed by atoms with Crippen LogP contribution >= 0.6 is 31.9 Å². The highest BCUT2D eigenvalue weighted by Crippen LogP contribution is 2.47. The summed E-state index contributed by atoms with van der Waals surface area (Å²) in [7, 11) is 0. The lowest BCUT2D eigenvalue weighted by Crippen LogP contribution is -2.46. The number of hydrogen-bond donors (Lipinski definition) is 0. The maximum atomic E-state index is 13.9. The topological polar surface area (TPSA) is 74.8 Å². The molecule has 3 aromatic carbocycles. The van der Waals surface area contributed by atoms with Gasteiger partial charge in [-0.25, -0.2) is 4.90 Å². The Bertz CT molecular complexity index is 1530. The summed E-state index contributed by atoms with van der Waals surface area (Å²) in [5.41, 5.74) is 1.85. The quantitative estimate of drug-likeness (QED) is 0.271. The van der Waals surface area contributed by atoms with Crippen LogP contribution < -0.4 is 4.90 Å². The van der Waals surface area contributed by atoms with Crippen LogP contribution in [-0.2, 0) is 9.59 Å². The van der Waals surface area contributed by atoms with Gasteiger partial charge in [-0.15, -0.1) is 0 Å². The number of allylic oxidation sites excluding steroid dienone is 2. The molecule has 0 N–H and O–H groups in total. The van der Waals surface area contributed by atoms with E-state index in [0.717, 1.165) is 8.95 Å². The summed E-state index contributed by atoms with van der Waals surface area (Å²) in [6, 6.07) is 21.3. The van der Waals surface area contributed by atoms with E-state index in [4.69, 9.17) is 0 Å². The summed E-state index contributed by atoms with van der Waals surface area (Å²) in [6.45, 7) is 0. The van der Waals surface area contributed by atoms with E-state index in [1.807, 2.05) is 6.07 Å². The van der Waals surface area contributed by atoms with Crippen LogP contribution in [0.1, 0.15) is 20.7 Å². The number of halogens is 2. The fraction of sp³-hybridized carbons (Fsp3) is 0.133. The number of benzene rings is 3. The molecule has 188 valence electrons. The fourth-order valence-electron chi connectivity index (χ4n) is 5.58. The first-order chi connectivity index (χ1) is 18.3. The number of carbonyl (C=O) groups is 4. The van der Waals surface area contributed by atoms with Crippen LogP contribution in [0.25, 0.3) is 0 Å². The third-order valence-corrected chi connectivity index (χ3v) is 8.39. The van der Waals surface area contributed by atoms with E-state index in [9.17, 15) is 19.2 Å². The van der Waals surface area contributed by atoms with Gasteiger partial charge >= 0.3 is 0 Å². The molecule has 3 aromatic rings. The molecule has 8 heteroatoms. The molecule has 2 amide bonds. The van der Waals surface area contributed by atoms with Crippen molar-refractivity contribution < 1.29 is 19.2 Å². The molecule has 3 heterocycles. The number of carbonyl (C=O) groups excluding carboxylic acids is 4. The van der Waals surface area contributed by atoms with Crippen LogP contribution in [0.15, 0.2) is 112 Å². The zero-order valence-corrected chi connectivity index (χ0v) is 23.0. The van der Waals surface area contributed by atoms with Crippen molar-refractivity contribution in [3.05, 3.63) is 123 Å². The molecule has 4 unspecified atom stereocenters. The summed E-state index contributed by atoms with van der Waals surface area (Å²) < 4.78 is 1.65. The second-order valence-corrected chi connectivity index (χ2v) is 11.3. The van der Waals surface area contributed by atoms with Crippen molar-refractivity contribution in [2.75, 3.05) is 4.90 Å². The van der Waals surface area contributed by atoms with Crippen molar-refractivity contribution in [2.45, 2.75) is 12.1 Å². The minimum atomic E-state index is -0.889. The fourth-order valence-corrected chi connectivity index (χ4v) is 6.11. The lowest BCUT2D eigenvalue weighted by molar-refractivity contribution is -0.123. The highest BCUT2D eigenvalue weighted by atomic mass is 79.9. The van der Waals surface area contributed by atoms with Gasteiger partial charge in [0, 0.05) is 31.8 Å². The Kier molecular flexibility index (Phi) is 6.24. The second-order valence-electron chi connectivity index (χ2n) is 9.43. The van der Waals surface area contributed by atoms with Crippen LogP contribution in [0.5, 0.6) is 0 Å². The van der Waals surface area contributed by atoms with Gasteiger partial charge < -0.3 is 4.90 Å². The first-order valence-corrected chi connectivity index (χ1v) is 13.6. The van der Waals surface area contributed by atoms with E-state index in [2.05, 4.69) is 31.9 Å². The summed E-state index contributed by atoms with van der Waals surface area (Å²) in [5, 5.41) is 0. The summed E-state index contributed by atoms with van der Waals surface area (Å²) in [6.07, 6.45) is 5.08. The van der Waals surface area contributed by atoms with E-state index in [0.29, 0.717) is 22.4 Å². The normalized spacial score (nSPS) is 23.8. The van der Waals surface area contributed by atoms with Crippen molar-refractivity contribution in [1.82, 2.24) is 4.90 Å². The average molecular weight is 632 g/mol. The SMILES string of the molecule is O=C(C1=CC2C3C(=O)N(c4ccc(Br)cc4)C(=O)C3C(C(=O)c3ccc(Br)cc3)N2C=C1)c1ccccc1. The molecule has 0 aromatic heterocycles. The Labute approximate surface area is 235 Å². The maximum absolute atomic E-state index is 13.9. The highest BCUT2D eigenvalue weighted by Gasteiger charge is 2.63. The molecule has 0 spiro atoms. The van der Waals surface area contributed by atoms with Gasteiger partial charge in [0.15, 0.2) is 11.6 Å². The monoisotopic (exact) mass is 630 g/mol. The Morgan fingerprint density at radius 1 is 0.711 bits per heavy atom. The standard InChI is InChI=1S/C30H20Br2N2O4/c31-20-8-6-18(7-9-20)28(36)26-25-24(29(37)34(30(25)38)22-12-10-21(32)11-13-22)23-16-19(14-15-33(23)26)27(35)17-4-2-1-3-5-17/h1-16,23-26H. The van der Waals surface area contributed by atoms with Gasteiger partial charge in [-0.1, -0.05) is 80.4 Å². The lowest BCUT2D eigenvalue weighted by Gasteiger charge is -2.32. The van der Waals surface area contributed by atoms with E-state index >= 15 is 0 Å². The average Bonchev–Trinajstić information content (AvgIpc) is 3.41. The molecule has 0 aliphatic carbocycles. The van der Waals surface area contributed by atoms with E-state index in [-0.39, 0.29) is 17.5 Å². The molecule has 3 aliphatic heterocycles. The van der Waals surface area contributed by atoms with Crippen molar-refractivity contribution >= 4 is 60.9 Å². The van der Waals surface area contributed by atoms with Crippen molar-refractivity contribution in [3.8, 4) is 0 Å². The highest BCUT2D eigenvalue weighted by molar-refractivity contribution is 9.10. The number of anilines is 1. The van der Waals surface area contributed by atoms with Gasteiger partial charge in [-0.3, -0.25) is 19.2 Å². The number of nitrogens with zero attached hydrogens (tertiary/aromatic N) is 2. The second kappa shape index (κ2) is 9.60. The van der Waals surface area contributed by atoms with Gasteiger partial charge in [0.25, 0.3) is 0 Å². The number of ketones is 2. The number of amides is 2. The smallest absolute Gasteiger partial charge is 0.240 e. The van der Waals surface area contributed by atoms with Crippen molar-refractivity contribution in [3.63, 3.8) is 0 Å². The number of fused-ring (bicyclic) bond motifs is 3. The number of rotatable bonds is 5. The van der Waals surface area contributed by atoms with Gasteiger partial charge in [-0.2, -0.15) is 0 Å². The van der Waals surface area contributed by atoms with Crippen molar-refractivity contribution in [1.29, 1.82) is 0 Å².